The summed E-state index contributed by atoms with van der Waals surface area (Å²) in [4.78, 5) is 0. The second-order valence-corrected chi connectivity index (χ2v) is 25.5. The van der Waals surface area contributed by atoms with E-state index in [0.717, 1.165) is 35.1 Å². The van der Waals surface area contributed by atoms with Gasteiger partial charge in [-0.15, -0.1) is 0 Å². The van der Waals surface area contributed by atoms with Crippen LogP contribution in [0.15, 0.2) is 78.4 Å². The smallest absolute Gasteiger partial charge is 1.00 e. The van der Waals surface area contributed by atoms with Crippen LogP contribution in [0.25, 0.3) is 11.1 Å². The van der Waals surface area contributed by atoms with Gasteiger partial charge in [-0.2, -0.15) is 0 Å². The van der Waals surface area contributed by atoms with E-state index in [2.05, 4.69) is 39.1 Å². The average molecular weight is 567 g/mol. The van der Waals surface area contributed by atoms with Gasteiger partial charge in [0.05, 0.1) is 0 Å². The van der Waals surface area contributed by atoms with E-state index in [1.807, 2.05) is 24.3 Å². The van der Waals surface area contributed by atoms with Crippen molar-refractivity contribution in [1.82, 2.24) is 0 Å². The molecule has 2 aromatic carbocycles. The first-order valence-electron chi connectivity index (χ1n) is 10.4. The number of hydrogen-bond acceptors (Lipinski definition) is 0. The van der Waals surface area contributed by atoms with Crippen LogP contribution in [-0.4, -0.2) is 5.43 Å². The zero-order chi connectivity index (χ0) is 21.4. The Hall–Kier alpha value is -1.06. The van der Waals surface area contributed by atoms with Crippen LogP contribution < -0.4 is 24.8 Å². The third kappa shape index (κ3) is 5.36. The molecule has 2 aromatic rings. The van der Waals surface area contributed by atoms with Crippen LogP contribution in [0.2, 0.25) is 13.1 Å². The van der Waals surface area contributed by atoms with Crippen LogP contribution in [0.5, 0.6) is 0 Å². The van der Waals surface area contributed by atoms with Crippen molar-refractivity contribution in [2.45, 2.75) is 39.8 Å². The van der Waals surface area contributed by atoms with E-state index < -0.39 is 25.8 Å². The van der Waals surface area contributed by atoms with Gasteiger partial charge in [-0.1, -0.05) is 0 Å². The van der Waals surface area contributed by atoms with Crippen molar-refractivity contribution >= 4 is 16.6 Å². The minimum absolute atomic E-state index is 0. The van der Waals surface area contributed by atoms with E-state index in [0.29, 0.717) is 0 Å². The van der Waals surface area contributed by atoms with Gasteiger partial charge in [0.1, 0.15) is 0 Å². The molecule has 0 heterocycles. The summed E-state index contributed by atoms with van der Waals surface area (Å²) in [6, 6.07) is 14.2. The van der Waals surface area contributed by atoms with Crippen molar-refractivity contribution in [1.29, 1.82) is 0 Å². The Bertz CT molecular complexity index is 1110. The summed E-state index contributed by atoms with van der Waals surface area (Å²) in [6.07, 6.45) is 6.16. The maximum atomic E-state index is 14.4. The molecule has 0 fully saturated rings. The summed E-state index contributed by atoms with van der Waals surface area (Å²) in [5, 5.41) is 0. The fourth-order valence-electron chi connectivity index (χ4n) is 4.60. The van der Waals surface area contributed by atoms with E-state index in [9.17, 15) is 8.78 Å². The molecule has 0 spiro atoms. The van der Waals surface area contributed by atoms with Crippen LogP contribution in [-0.2, 0) is 20.4 Å². The SMILES string of the molecule is CC1=[C]([Zr+2]([C]2=C(C)C=C(c3ccccc3F)C2)=[Si](C)C)CC(c2ccccc2F)=C1.[Cl-].[Cl-]. The van der Waals surface area contributed by atoms with Crippen LogP contribution in [0, 0.1) is 11.6 Å². The maximum Gasteiger partial charge on any atom is -1.00 e. The minimum atomic E-state index is -2.10. The van der Waals surface area contributed by atoms with Gasteiger partial charge >= 0.3 is 187 Å². The molecular formula is C26H26Cl2F2SiZr. The van der Waals surface area contributed by atoms with E-state index >= 15 is 0 Å². The molecule has 4 rings (SSSR count). The molecule has 0 saturated heterocycles. The molecule has 32 heavy (non-hydrogen) atoms. The number of rotatable bonds is 4. The van der Waals surface area contributed by atoms with Crippen molar-refractivity contribution in [2.75, 3.05) is 0 Å². The Kier molecular flexibility index (Phi) is 9.67. The monoisotopic (exact) mass is 564 g/mol. The second-order valence-electron chi connectivity index (χ2n) is 8.35. The zero-order valence-corrected chi connectivity index (χ0v) is 23.7. The Morgan fingerprint density at radius 3 is 1.41 bits per heavy atom. The summed E-state index contributed by atoms with van der Waals surface area (Å²) in [5.74, 6) is -0.275. The molecule has 0 aromatic heterocycles. The molecule has 0 bridgehead atoms. The molecule has 2 aliphatic rings. The second kappa shape index (κ2) is 11.4. The Labute approximate surface area is 210 Å². The van der Waals surface area contributed by atoms with E-state index in [-0.39, 0.29) is 36.4 Å². The first-order valence-corrected chi connectivity index (χ1v) is 19.0. The Morgan fingerprint density at radius 2 is 1.06 bits per heavy atom. The predicted octanol–water partition coefficient (Wildman–Crippen LogP) is 1.66. The van der Waals surface area contributed by atoms with Gasteiger partial charge in [-0.05, 0) is 0 Å². The van der Waals surface area contributed by atoms with E-state index in [1.54, 1.807) is 30.8 Å². The molecule has 0 aliphatic heterocycles. The fraction of sp³-hybridized carbons (Fsp3) is 0.231. The van der Waals surface area contributed by atoms with Crippen LogP contribution in [0.3, 0.4) is 0 Å². The molecule has 6 heteroatoms. The fourth-order valence-corrected chi connectivity index (χ4v) is 23.1. The summed E-state index contributed by atoms with van der Waals surface area (Å²) in [6.45, 7) is 9.26. The van der Waals surface area contributed by atoms with Crippen molar-refractivity contribution in [2.24, 2.45) is 0 Å². The average Bonchev–Trinajstić information content (AvgIpc) is 3.26. The molecule has 0 nitrogen and oxygen atoms in total. The summed E-state index contributed by atoms with van der Waals surface area (Å²) < 4.78 is 32.0. The molecule has 0 atom stereocenters. The quantitative estimate of drug-likeness (QED) is 0.495. The van der Waals surface area contributed by atoms with Gasteiger partial charge in [0.25, 0.3) is 0 Å². The van der Waals surface area contributed by atoms with E-state index in [1.165, 1.54) is 11.1 Å². The molecule has 0 unspecified atom stereocenters. The number of benzene rings is 2. The van der Waals surface area contributed by atoms with Gasteiger partial charge in [-0.3, -0.25) is 0 Å². The topological polar surface area (TPSA) is 0 Å². The third-order valence-electron chi connectivity index (χ3n) is 6.01. The number of halogens is 4. The molecule has 2 aliphatic carbocycles. The predicted molar refractivity (Wildman–Crippen MR) is 121 cm³/mol. The largest absolute Gasteiger partial charge is 1.00 e. The van der Waals surface area contributed by atoms with Gasteiger partial charge in [0, 0.05) is 0 Å². The van der Waals surface area contributed by atoms with Crippen LogP contribution >= 0.6 is 0 Å². The van der Waals surface area contributed by atoms with Crippen molar-refractivity contribution in [3.63, 3.8) is 0 Å². The van der Waals surface area contributed by atoms with E-state index in [4.69, 9.17) is 0 Å². The maximum absolute atomic E-state index is 14.4. The molecule has 166 valence electrons. The Morgan fingerprint density at radius 1 is 0.688 bits per heavy atom. The molecular weight excluding hydrogens is 540 g/mol. The van der Waals surface area contributed by atoms with Crippen molar-refractivity contribution in [3.8, 4) is 0 Å². The first-order chi connectivity index (χ1) is 14.4. The number of allylic oxidation sites excluding steroid dienone is 8. The minimum Gasteiger partial charge on any atom is -1.00 e. The standard InChI is InChI=1S/2C12H10F.C2H6Si.2ClH.Zr/c2*1-9-6-7-10(8-9)11-4-2-3-5-12(11)13;1-3-2;;;/h2*2-5,8H,7H2,1H3;1-2H3;2*1H;/q;;;;;+2/p-2. The first kappa shape index (κ1) is 27.2. The van der Waals surface area contributed by atoms with Gasteiger partial charge in [-0.25, -0.2) is 0 Å². The van der Waals surface area contributed by atoms with Gasteiger partial charge in [0.2, 0.25) is 0 Å². The summed E-state index contributed by atoms with van der Waals surface area (Å²) in [7, 11) is 0. The van der Waals surface area contributed by atoms with Gasteiger partial charge in [0.15, 0.2) is 0 Å². The Balaban J connectivity index is 0.00000181. The summed E-state index contributed by atoms with van der Waals surface area (Å²) >= 11 is -2.10. The third-order valence-corrected chi connectivity index (χ3v) is 23.7. The van der Waals surface area contributed by atoms with Crippen LogP contribution in [0.1, 0.15) is 37.8 Å². The molecule has 0 amide bonds. The summed E-state index contributed by atoms with van der Waals surface area (Å²) in [5.41, 5.74) is 5.87. The van der Waals surface area contributed by atoms with Gasteiger partial charge < -0.3 is 24.8 Å². The normalized spacial score (nSPS) is 14.9. The molecule has 0 saturated carbocycles. The van der Waals surface area contributed by atoms with Crippen molar-refractivity contribution in [3.05, 3.63) is 101 Å². The molecule has 0 radical (unpaired) electrons. The van der Waals surface area contributed by atoms with Crippen molar-refractivity contribution < 1.29 is 54.0 Å². The molecule has 0 N–H and O–H groups in total. The zero-order valence-electron chi connectivity index (χ0n) is 18.7. The van der Waals surface area contributed by atoms with Crippen LogP contribution in [0.4, 0.5) is 8.78 Å². The number of hydrogen-bond donors (Lipinski definition) is 0.